The summed E-state index contributed by atoms with van der Waals surface area (Å²) in [6.45, 7) is 11.4. The van der Waals surface area contributed by atoms with Crippen LogP contribution in [0.25, 0.3) is 0 Å². The fraction of sp³-hybridized carbons (Fsp3) is 0.435. The minimum atomic E-state index is -0.385. The van der Waals surface area contributed by atoms with Crippen molar-refractivity contribution >= 4 is 11.7 Å². The van der Waals surface area contributed by atoms with Crippen molar-refractivity contribution in [3.05, 3.63) is 64.0 Å². The van der Waals surface area contributed by atoms with Gasteiger partial charge in [0.2, 0.25) is 0 Å². The van der Waals surface area contributed by atoms with E-state index in [9.17, 15) is 9.59 Å². The van der Waals surface area contributed by atoms with Crippen LogP contribution in [0.1, 0.15) is 44.9 Å². The largest absolute Gasteiger partial charge is 0.334 e. The second-order valence-corrected chi connectivity index (χ2v) is 7.80. The Balaban J connectivity index is 1.66. The number of pyridine rings is 1. The van der Waals surface area contributed by atoms with Crippen LogP contribution >= 0.6 is 0 Å². The maximum atomic E-state index is 12.9. The molecule has 148 valence electrons. The molecule has 2 heterocycles. The van der Waals surface area contributed by atoms with Crippen LogP contribution in [0.3, 0.4) is 0 Å². The van der Waals surface area contributed by atoms with Crippen molar-refractivity contribution in [3.63, 3.8) is 0 Å². The number of hydrogen-bond acceptors (Lipinski definition) is 4. The third-order valence-corrected chi connectivity index (χ3v) is 5.31. The van der Waals surface area contributed by atoms with Crippen molar-refractivity contribution in [1.82, 2.24) is 14.8 Å². The first-order chi connectivity index (χ1) is 13.3. The molecule has 1 aliphatic rings. The minimum Gasteiger partial charge on any atom is -0.334 e. The molecule has 0 radical (unpaired) electrons. The molecule has 1 aliphatic heterocycles. The van der Waals surface area contributed by atoms with Crippen molar-refractivity contribution in [3.8, 4) is 0 Å². The average molecular weight is 380 g/mol. The first kappa shape index (κ1) is 20.2. The Kier molecular flexibility index (Phi) is 6.25. The lowest BCUT2D eigenvalue weighted by molar-refractivity contribution is -0.126. The quantitative estimate of drug-likeness (QED) is 0.605. The van der Waals surface area contributed by atoms with Crippen LogP contribution < -0.4 is 0 Å². The highest BCUT2D eigenvalue weighted by molar-refractivity contribution is 6.43. The highest BCUT2D eigenvalue weighted by atomic mass is 16.2. The molecule has 0 bridgehead atoms. The summed E-state index contributed by atoms with van der Waals surface area (Å²) in [5.74, 6) is -0.769. The van der Waals surface area contributed by atoms with Crippen LogP contribution in [0.5, 0.6) is 0 Å². The Morgan fingerprint density at radius 1 is 0.964 bits per heavy atom. The molecule has 1 aromatic carbocycles. The normalized spacial score (nSPS) is 15.4. The number of nitrogens with zero attached hydrogens (tertiary/aromatic N) is 3. The summed E-state index contributed by atoms with van der Waals surface area (Å²) in [7, 11) is 0. The molecule has 0 N–H and O–H groups in total. The Labute approximate surface area is 167 Å². The molecule has 5 heteroatoms. The molecule has 3 rings (SSSR count). The molecule has 1 amide bonds. The van der Waals surface area contributed by atoms with Gasteiger partial charge in [-0.15, -0.1) is 0 Å². The number of hydrogen-bond donors (Lipinski definition) is 0. The van der Waals surface area contributed by atoms with Crippen molar-refractivity contribution < 1.29 is 9.59 Å². The zero-order chi connectivity index (χ0) is 20.3. The van der Waals surface area contributed by atoms with Gasteiger partial charge < -0.3 is 4.90 Å². The van der Waals surface area contributed by atoms with E-state index in [1.807, 2.05) is 58.0 Å². The molecule has 1 saturated heterocycles. The summed E-state index contributed by atoms with van der Waals surface area (Å²) in [6, 6.07) is 9.98. The summed E-state index contributed by atoms with van der Waals surface area (Å²) < 4.78 is 0. The van der Waals surface area contributed by atoms with E-state index in [1.54, 1.807) is 4.90 Å². The predicted octanol–water partition coefficient (Wildman–Crippen LogP) is 3.23. The van der Waals surface area contributed by atoms with Crippen LogP contribution in [0, 0.1) is 27.7 Å². The first-order valence-corrected chi connectivity index (χ1v) is 9.91. The second-order valence-electron chi connectivity index (χ2n) is 7.80. The lowest BCUT2D eigenvalue weighted by Gasteiger charge is -2.22. The Hall–Kier alpha value is -2.53. The highest BCUT2D eigenvalue weighted by Gasteiger charge is 2.27. The van der Waals surface area contributed by atoms with Crippen LogP contribution in [0.4, 0.5) is 0 Å². The zero-order valence-electron chi connectivity index (χ0n) is 17.3. The van der Waals surface area contributed by atoms with Gasteiger partial charge in [-0.1, -0.05) is 23.8 Å². The number of Topliss-reactive ketones (excluding diaryl/α,β-unsaturated/α-hetero) is 1. The van der Waals surface area contributed by atoms with E-state index in [0.29, 0.717) is 18.7 Å². The van der Waals surface area contributed by atoms with E-state index >= 15 is 0 Å². The van der Waals surface area contributed by atoms with Gasteiger partial charge in [-0.3, -0.25) is 19.5 Å². The number of ketones is 1. The molecule has 2 aromatic rings. The Morgan fingerprint density at radius 2 is 1.68 bits per heavy atom. The SMILES string of the molecule is Cc1cc(C)c(C(=O)C(=O)N2CCCN(Cc3cccc(C)n3)CC2)c(C)c1. The zero-order valence-corrected chi connectivity index (χ0v) is 17.3. The molecular weight excluding hydrogens is 350 g/mol. The smallest absolute Gasteiger partial charge is 0.295 e. The third kappa shape index (κ3) is 4.65. The molecule has 28 heavy (non-hydrogen) atoms. The van der Waals surface area contributed by atoms with E-state index in [2.05, 4.69) is 9.88 Å². The summed E-state index contributed by atoms with van der Waals surface area (Å²) in [5, 5.41) is 0. The van der Waals surface area contributed by atoms with Gasteiger partial charge in [0.25, 0.3) is 11.7 Å². The first-order valence-electron chi connectivity index (χ1n) is 9.91. The fourth-order valence-electron chi connectivity index (χ4n) is 4.04. The highest BCUT2D eigenvalue weighted by Crippen LogP contribution is 2.18. The van der Waals surface area contributed by atoms with E-state index < -0.39 is 0 Å². The van der Waals surface area contributed by atoms with E-state index in [1.165, 1.54) is 0 Å². The number of carbonyl (C=O) groups excluding carboxylic acids is 2. The molecule has 1 aromatic heterocycles. The molecule has 0 spiro atoms. The minimum absolute atomic E-state index is 0.384. The van der Waals surface area contributed by atoms with E-state index in [0.717, 1.165) is 54.1 Å². The molecule has 0 atom stereocenters. The third-order valence-electron chi connectivity index (χ3n) is 5.31. The molecule has 0 aliphatic carbocycles. The van der Waals surface area contributed by atoms with E-state index in [4.69, 9.17) is 0 Å². The summed E-state index contributed by atoms with van der Waals surface area (Å²) in [5.41, 5.74) is 5.46. The van der Waals surface area contributed by atoms with Crippen molar-refractivity contribution in [2.24, 2.45) is 0 Å². The fourth-order valence-corrected chi connectivity index (χ4v) is 4.04. The summed E-state index contributed by atoms with van der Waals surface area (Å²) in [6.07, 6.45) is 0.858. The van der Waals surface area contributed by atoms with Gasteiger partial charge in [0.05, 0.1) is 5.69 Å². The average Bonchev–Trinajstić information content (AvgIpc) is 2.85. The maximum Gasteiger partial charge on any atom is 0.295 e. The lowest BCUT2D eigenvalue weighted by Crippen LogP contribution is -2.39. The van der Waals surface area contributed by atoms with Crippen LogP contribution in [-0.2, 0) is 11.3 Å². The van der Waals surface area contributed by atoms with Crippen molar-refractivity contribution in [1.29, 1.82) is 0 Å². The Bertz CT molecular complexity index is 868. The predicted molar refractivity (Wildman–Crippen MR) is 110 cm³/mol. The van der Waals surface area contributed by atoms with Gasteiger partial charge in [-0.05, 0) is 57.4 Å². The summed E-state index contributed by atoms with van der Waals surface area (Å²) in [4.78, 5) is 34.4. The molecule has 0 unspecified atom stereocenters. The van der Waals surface area contributed by atoms with Crippen LogP contribution in [0.2, 0.25) is 0 Å². The number of benzene rings is 1. The van der Waals surface area contributed by atoms with Crippen LogP contribution in [0.15, 0.2) is 30.3 Å². The van der Waals surface area contributed by atoms with Gasteiger partial charge in [-0.25, -0.2) is 0 Å². The number of carbonyl (C=O) groups is 2. The van der Waals surface area contributed by atoms with Crippen molar-refractivity contribution in [2.45, 2.75) is 40.7 Å². The Morgan fingerprint density at radius 3 is 2.36 bits per heavy atom. The van der Waals surface area contributed by atoms with Gasteiger partial charge in [0, 0.05) is 44.0 Å². The number of aromatic nitrogens is 1. The molecule has 0 saturated carbocycles. The van der Waals surface area contributed by atoms with Gasteiger partial charge in [0.1, 0.15) is 0 Å². The molecular formula is C23H29N3O2. The standard InChI is InChI=1S/C23H29N3O2/c1-16-13-17(2)21(18(3)14-16)22(27)23(28)26-10-6-9-25(11-12-26)15-20-8-5-7-19(4)24-20/h5,7-8,13-14H,6,9-12,15H2,1-4H3. The van der Waals surface area contributed by atoms with Crippen LogP contribution in [-0.4, -0.2) is 52.7 Å². The maximum absolute atomic E-state index is 12.9. The molecule has 1 fully saturated rings. The van der Waals surface area contributed by atoms with E-state index in [-0.39, 0.29) is 11.7 Å². The topological polar surface area (TPSA) is 53.5 Å². The number of rotatable bonds is 4. The van der Waals surface area contributed by atoms with Gasteiger partial charge in [0.15, 0.2) is 0 Å². The number of amides is 1. The van der Waals surface area contributed by atoms with Gasteiger partial charge in [-0.2, -0.15) is 0 Å². The summed E-state index contributed by atoms with van der Waals surface area (Å²) >= 11 is 0. The van der Waals surface area contributed by atoms with Crippen molar-refractivity contribution in [2.75, 3.05) is 26.2 Å². The second kappa shape index (κ2) is 8.65. The molecule has 5 nitrogen and oxygen atoms in total. The lowest BCUT2D eigenvalue weighted by atomic mass is 9.96. The van der Waals surface area contributed by atoms with Gasteiger partial charge >= 0.3 is 0 Å². The number of aryl methyl sites for hydroxylation is 4. The monoisotopic (exact) mass is 379 g/mol.